The minimum absolute atomic E-state index is 0.0753. The van der Waals surface area contributed by atoms with Crippen LogP contribution in [0.1, 0.15) is 40.0 Å². The second-order valence-corrected chi connectivity index (χ2v) is 5.49. The van der Waals surface area contributed by atoms with Crippen molar-refractivity contribution in [3.8, 4) is 0 Å². The van der Waals surface area contributed by atoms with Crippen LogP contribution >= 0.6 is 0 Å². The average molecular weight is 213 g/mol. The Morgan fingerprint density at radius 1 is 1.40 bits per heavy atom. The first-order chi connectivity index (χ1) is 6.95. The summed E-state index contributed by atoms with van der Waals surface area (Å²) in [6, 6.07) is 0. The van der Waals surface area contributed by atoms with Crippen molar-refractivity contribution in [1.82, 2.24) is 4.90 Å². The predicted octanol–water partition coefficient (Wildman–Crippen LogP) is 1.65. The molecule has 1 amide bonds. The van der Waals surface area contributed by atoms with Crippen LogP contribution < -0.4 is 0 Å². The van der Waals surface area contributed by atoms with E-state index in [0.29, 0.717) is 18.9 Å². The standard InChI is InChI=1S/C12H23NO2/c1-12(2,3)10-4-5-11(15)13(7-6-10)8-9-14/h10,14H,4-9H2,1-3H3. The Morgan fingerprint density at radius 3 is 2.60 bits per heavy atom. The highest BCUT2D eigenvalue weighted by molar-refractivity contribution is 5.76. The highest BCUT2D eigenvalue weighted by Gasteiger charge is 2.29. The fourth-order valence-corrected chi connectivity index (χ4v) is 2.26. The summed E-state index contributed by atoms with van der Waals surface area (Å²) in [5.74, 6) is 0.820. The lowest BCUT2D eigenvalue weighted by atomic mass is 9.77. The summed E-state index contributed by atoms with van der Waals surface area (Å²) in [6.45, 7) is 8.10. The number of likely N-dealkylation sites (tertiary alicyclic amines) is 1. The molecule has 0 aromatic rings. The zero-order valence-electron chi connectivity index (χ0n) is 10.1. The van der Waals surface area contributed by atoms with E-state index in [2.05, 4.69) is 20.8 Å². The number of aliphatic hydroxyl groups is 1. The molecule has 0 saturated carbocycles. The zero-order chi connectivity index (χ0) is 11.5. The molecule has 1 aliphatic rings. The van der Waals surface area contributed by atoms with E-state index in [1.54, 1.807) is 4.90 Å². The Bertz CT molecular complexity index is 220. The van der Waals surface area contributed by atoms with E-state index in [0.717, 1.165) is 19.4 Å². The van der Waals surface area contributed by atoms with E-state index in [4.69, 9.17) is 5.11 Å². The lowest BCUT2D eigenvalue weighted by Gasteiger charge is -2.29. The van der Waals surface area contributed by atoms with Crippen LogP contribution in [0.15, 0.2) is 0 Å². The largest absolute Gasteiger partial charge is 0.395 e. The van der Waals surface area contributed by atoms with Crippen molar-refractivity contribution in [2.75, 3.05) is 19.7 Å². The van der Waals surface area contributed by atoms with Gasteiger partial charge >= 0.3 is 0 Å². The van der Waals surface area contributed by atoms with Crippen molar-refractivity contribution in [1.29, 1.82) is 0 Å². The first-order valence-electron chi connectivity index (χ1n) is 5.84. The normalized spacial score (nSPS) is 24.1. The number of carbonyl (C=O) groups is 1. The minimum atomic E-state index is 0.0753. The maximum Gasteiger partial charge on any atom is 0.222 e. The highest BCUT2D eigenvalue weighted by atomic mass is 16.3. The van der Waals surface area contributed by atoms with Gasteiger partial charge in [0, 0.05) is 19.5 Å². The van der Waals surface area contributed by atoms with E-state index < -0.39 is 0 Å². The number of amides is 1. The van der Waals surface area contributed by atoms with Crippen LogP contribution in [-0.4, -0.2) is 35.6 Å². The molecule has 1 N–H and O–H groups in total. The third-order valence-corrected chi connectivity index (χ3v) is 3.40. The first-order valence-corrected chi connectivity index (χ1v) is 5.84. The minimum Gasteiger partial charge on any atom is -0.395 e. The van der Waals surface area contributed by atoms with E-state index in [-0.39, 0.29) is 17.9 Å². The predicted molar refractivity (Wildman–Crippen MR) is 60.5 cm³/mol. The number of aliphatic hydroxyl groups excluding tert-OH is 1. The Hall–Kier alpha value is -0.570. The summed E-state index contributed by atoms with van der Waals surface area (Å²) in [6.07, 6.45) is 2.70. The molecule has 1 aliphatic heterocycles. The summed E-state index contributed by atoms with van der Waals surface area (Å²) in [5, 5.41) is 8.86. The van der Waals surface area contributed by atoms with Gasteiger partial charge < -0.3 is 10.0 Å². The van der Waals surface area contributed by atoms with Gasteiger partial charge in [-0.25, -0.2) is 0 Å². The van der Waals surface area contributed by atoms with Gasteiger partial charge in [-0.3, -0.25) is 4.79 Å². The van der Waals surface area contributed by atoms with E-state index in [1.165, 1.54) is 0 Å². The lowest BCUT2D eigenvalue weighted by molar-refractivity contribution is -0.131. The average Bonchev–Trinajstić information content (AvgIpc) is 2.29. The molecule has 3 nitrogen and oxygen atoms in total. The SMILES string of the molecule is CC(C)(C)C1CCC(=O)N(CCO)CC1. The summed E-state index contributed by atoms with van der Waals surface area (Å²) in [4.78, 5) is 13.5. The third-order valence-electron chi connectivity index (χ3n) is 3.40. The Labute approximate surface area is 92.5 Å². The molecule has 1 saturated heterocycles. The maximum atomic E-state index is 11.7. The van der Waals surface area contributed by atoms with Gasteiger partial charge in [0.05, 0.1) is 6.61 Å². The molecule has 0 radical (unpaired) electrons. The quantitative estimate of drug-likeness (QED) is 0.757. The molecule has 0 aliphatic carbocycles. The van der Waals surface area contributed by atoms with Crippen molar-refractivity contribution >= 4 is 5.91 Å². The van der Waals surface area contributed by atoms with Gasteiger partial charge in [0.15, 0.2) is 0 Å². The molecule has 1 rings (SSSR count). The van der Waals surface area contributed by atoms with Crippen LogP contribution in [0.2, 0.25) is 0 Å². The number of rotatable bonds is 2. The van der Waals surface area contributed by atoms with Crippen LogP contribution in [0.3, 0.4) is 0 Å². The molecule has 3 heteroatoms. The topological polar surface area (TPSA) is 40.5 Å². The molecular formula is C12H23NO2. The number of hydrogen-bond donors (Lipinski definition) is 1. The molecule has 1 fully saturated rings. The highest BCUT2D eigenvalue weighted by Crippen LogP contribution is 2.34. The van der Waals surface area contributed by atoms with Gasteiger partial charge in [0.25, 0.3) is 0 Å². The van der Waals surface area contributed by atoms with Crippen molar-refractivity contribution in [3.05, 3.63) is 0 Å². The van der Waals surface area contributed by atoms with Gasteiger partial charge in [-0.15, -0.1) is 0 Å². The second kappa shape index (κ2) is 4.97. The summed E-state index contributed by atoms with van der Waals surface area (Å²) in [7, 11) is 0. The smallest absolute Gasteiger partial charge is 0.222 e. The third kappa shape index (κ3) is 3.49. The number of carbonyl (C=O) groups excluding carboxylic acids is 1. The van der Waals surface area contributed by atoms with Gasteiger partial charge in [-0.05, 0) is 24.2 Å². The van der Waals surface area contributed by atoms with Gasteiger partial charge in [0.2, 0.25) is 5.91 Å². The fraction of sp³-hybridized carbons (Fsp3) is 0.917. The van der Waals surface area contributed by atoms with E-state index >= 15 is 0 Å². The van der Waals surface area contributed by atoms with Crippen molar-refractivity contribution in [2.24, 2.45) is 11.3 Å². The Balaban J connectivity index is 2.57. The van der Waals surface area contributed by atoms with Crippen molar-refractivity contribution in [2.45, 2.75) is 40.0 Å². The van der Waals surface area contributed by atoms with Crippen LogP contribution in [0.25, 0.3) is 0 Å². The molecular weight excluding hydrogens is 190 g/mol. The van der Waals surface area contributed by atoms with Crippen LogP contribution in [-0.2, 0) is 4.79 Å². The molecule has 88 valence electrons. The number of nitrogens with zero attached hydrogens (tertiary/aromatic N) is 1. The monoisotopic (exact) mass is 213 g/mol. The van der Waals surface area contributed by atoms with Crippen LogP contribution in [0.5, 0.6) is 0 Å². The molecule has 1 unspecified atom stereocenters. The maximum absolute atomic E-state index is 11.7. The summed E-state index contributed by atoms with van der Waals surface area (Å²) >= 11 is 0. The molecule has 0 spiro atoms. The summed E-state index contributed by atoms with van der Waals surface area (Å²) < 4.78 is 0. The molecule has 1 atom stereocenters. The Morgan fingerprint density at radius 2 is 2.07 bits per heavy atom. The first kappa shape index (κ1) is 12.5. The molecule has 0 aromatic carbocycles. The van der Waals surface area contributed by atoms with Crippen molar-refractivity contribution in [3.63, 3.8) is 0 Å². The van der Waals surface area contributed by atoms with Gasteiger partial charge in [0.1, 0.15) is 0 Å². The molecule has 0 aromatic heterocycles. The zero-order valence-corrected chi connectivity index (χ0v) is 10.1. The van der Waals surface area contributed by atoms with Crippen LogP contribution in [0.4, 0.5) is 0 Å². The fourth-order valence-electron chi connectivity index (χ4n) is 2.26. The van der Waals surface area contributed by atoms with E-state index in [9.17, 15) is 4.79 Å². The second-order valence-electron chi connectivity index (χ2n) is 5.49. The van der Waals surface area contributed by atoms with E-state index in [1.807, 2.05) is 0 Å². The number of β-amino-alcohol motifs (C(OH)–C–C–N with tert-alkyl or cyclic N) is 1. The van der Waals surface area contributed by atoms with Crippen LogP contribution in [0, 0.1) is 11.3 Å². The van der Waals surface area contributed by atoms with Gasteiger partial charge in [-0.1, -0.05) is 20.8 Å². The molecule has 0 bridgehead atoms. The summed E-state index contributed by atoms with van der Waals surface area (Å²) in [5.41, 5.74) is 0.287. The lowest BCUT2D eigenvalue weighted by Crippen LogP contribution is -2.33. The molecule has 1 heterocycles. The van der Waals surface area contributed by atoms with Gasteiger partial charge in [-0.2, -0.15) is 0 Å². The van der Waals surface area contributed by atoms with Crippen molar-refractivity contribution < 1.29 is 9.90 Å². The Kier molecular flexibility index (Phi) is 4.14. The molecule has 15 heavy (non-hydrogen) atoms. The number of hydrogen-bond acceptors (Lipinski definition) is 2.